The highest BCUT2D eigenvalue weighted by molar-refractivity contribution is 9.10. The normalized spacial score (nSPS) is 11.6. The number of pyridine rings is 1. The molecule has 1 aromatic heterocycles. The highest BCUT2D eigenvalue weighted by Crippen LogP contribution is 2.23. The summed E-state index contributed by atoms with van der Waals surface area (Å²) in [4.78, 5) is 5.34. The molecule has 96 valence electrons. The summed E-state index contributed by atoms with van der Waals surface area (Å²) >= 11 is 6.41. The van der Waals surface area contributed by atoms with Gasteiger partial charge in [0.15, 0.2) is 0 Å². The lowest BCUT2D eigenvalue weighted by molar-refractivity contribution is -0.119. The second kappa shape index (κ2) is 6.04. The Balaban J connectivity index is 2.93. The van der Waals surface area contributed by atoms with Crippen LogP contribution in [0.4, 0.5) is 19.0 Å². The molecular formula is C10H11Br2F3N2. The molecule has 0 unspecified atom stereocenters. The van der Waals surface area contributed by atoms with Gasteiger partial charge in [0.05, 0.1) is 5.69 Å². The van der Waals surface area contributed by atoms with Crippen LogP contribution in [0.15, 0.2) is 16.6 Å². The molecule has 0 N–H and O–H groups in total. The van der Waals surface area contributed by atoms with Crippen molar-refractivity contribution in [3.63, 3.8) is 0 Å². The lowest BCUT2D eigenvalue weighted by Gasteiger charge is -2.24. The first-order chi connectivity index (χ1) is 7.83. The van der Waals surface area contributed by atoms with Gasteiger partial charge in [-0.3, -0.25) is 0 Å². The molecule has 0 radical (unpaired) electrons. The smallest absolute Gasteiger partial charge is 0.347 e. The fraction of sp³-hybridized carbons (Fsp3) is 0.500. The van der Waals surface area contributed by atoms with Crippen LogP contribution in [0.2, 0.25) is 0 Å². The Morgan fingerprint density at radius 2 is 2.00 bits per heavy atom. The number of hydrogen-bond acceptors (Lipinski definition) is 2. The third-order valence-electron chi connectivity index (χ3n) is 2.06. The summed E-state index contributed by atoms with van der Waals surface area (Å²) in [6, 6.07) is 3.28. The molecule has 17 heavy (non-hydrogen) atoms. The monoisotopic (exact) mass is 374 g/mol. The summed E-state index contributed by atoms with van der Waals surface area (Å²) in [5, 5.41) is 0.458. The van der Waals surface area contributed by atoms with E-state index in [1.807, 2.05) is 0 Å². The molecular weight excluding hydrogens is 365 g/mol. The maximum absolute atomic E-state index is 12.4. The quantitative estimate of drug-likeness (QED) is 0.741. The van der Waals surface area contributed by atoms with Crippen molar-refractivity contribution in [3.05, 3.63) is 22.3 Å². The molecule has 0 saturated carbocycles. The van der Waals surface area contributed by atoms with Gasteiger partial charge >= 0.3 is 6.18 Å². The fourth-order valence-corrected chi connectivity index (χ4v) is 1.95. The topological polar surface area (TPSA) is 16.1 Å². The average Bonchev–Trinajstić information content (AvgIpc) is 2.19. The van der Waals surface area contributed by atoms with Crippen LogP contribution < -0.4 is 4.90 Å². The van der Waals surface area contributed by atoms with Crippen molar-refractivity contribution >= 4 is 37.7 Å². The minimum absolute atomic E-state index is 0.258. The second-order valence-corrected chi connectivity index (χ2v) is 5.11. The van der Waals surface area contributed by atoms with Crippen molar-refractivity contribution in [2.45, 2.75) is 13.1 Å². The van der Waals surface area contributed by atoms with Crippen LogP contribution in [0.25, 0.3) is 0 Å². The van der Waals surface area contributed by atoms with E-state index in [0.717, 1.165) is 4.47 Å². The molecule has 0 aromatic carbocycles. The van der Waals surface area contributed by atoms with E-state index in [2.05, 4.69) is 36.8 Å². The van der Waals surface area contributed by atoms with Crippen LogP contribution in [0.1, 0.15) is 5.69 Å². The number of alkyl halides is 4. The molecule has 0 saturated heterocycles. The predicted octanol–water partition coefficient (Wildman–Crippen LogP) is 3.92. The highest BCUT2D eigenvalue weighted by atomic mass is 79.9. The molecule has 0 bridgehead atoms. The van der Waals surface area contributed by atoms with Crippen LogP contribution in [-0.2, 0) is 0 Å². The molecule has 0 aliphatic rings. The Morgan fingerprint density at radius 1 is 1.35 bits per heavy atom. The summed E-state index contributed by atoms with van der Waals surface area (Å²) in [5.41, 5.74) is 0.671. The first kappa shape index (κ1) is 14.8. The van der Waals surface area contributed by atoms with E-state index in [0.29, 0.717) is 16.8 Å². The molecule has 7 heteroatoms. The van der Waals surface area contributed by atoms with Gasteiger partial charge in [-0.25, -0.2) is 4.98 Å². The van der Waals surface area contributed by atoms with E-state index in [4.69, 9.17) is 0 Å². The zero-order valence-corrected chi connectivity index (χ0v) is 12.2. The number of halogens is 5. The molecule has 2 nitrogen and oxygen atoms in total. The van der Waals surface area contributed by atoms with Crippen LogP contribution in [0, 0.1) is 6.92 Å². The van der Waals surface area contributed by atoms with Crippen molar-refractivity contribution in [1.29, 1.82) is 0 Å². The summed E-state index contributed by atoms with van der Waals surface area (Å²) < 4.78 is 38.0. The Hall–Kier alpha value is -0.300. The minimum atomic E-state index is -4.23. The Kier molecular flexibility index (Phi) is 5.24. The number of aromatic nitrogens is 1. The molecule has 1 rings (SSSR count). The summed E-state index contributed by atoms with van der Waals surface area (Å²) in [7, 11) is 0. The van der Waals surface area contributed by atoms with Crippen molar-refractivity contribution in [1.82, 2.24) is 4.98 Å². The summed E-state index contributed by atoms with van der Waals surface area (Å²) in [6.45, 7) is 1.01. The predicted molar refractivity (Wildman–Crippen MR) is 68.7 cm³/mol. The summed E-state index contributed by atoms with van der Waals surface area (Å²) in [5.74, 6) is 0.336. The fourth-order valence-electron chi connectivity index (χ4n) is 1.30. The first-order valence-corrected chi connectivity index (χ1v) is 6.76. The van der Waals surface area contributed by atoms with Crippen molar-refractivity contribution < 1.29 is 13.2 Å². The van der Waals surface area contributed by atoms with Crippen molar-refractivity contribution in [3.8, 4) is 0 Å². The number of anilines is 1. The number of hydrogen-bond donors (Lipinski definition) is 0. The van der Waals surface area contributed by atoms with Gasteiger partial charge in [-0.05, 0) is 35.0 Å². The molecule has 1 heterocycles. The van der Waals surface area contributed by atoms with E-state index < -0.39 is 12.7 Å². The maximum atomic E-state index is 12.4. The minimum Gasteiger partial charge on any atom is -0.347 e. The molecule has 0 fully saturated rings. The van der Waals surface area contributed by atoms with E-state index >= 15 is 0 Å². The Bertz CT molecular complexity index is 382. The van der Waals surface area contributed by atoms with Crippen molar-refractivity contribution in [2.24, 2.45) is 0 Å². The van der Waals surface area contributed by atoms with Gasteiger partial charge in [0.25, 0.3) is 0 Å². The van der Waals surface area contributed by atoms with Gasteiger partial charge in [-0.2, -0.15) is 13.2 Å². The number of rotatable bonds is 4. The van der Waals surface area contributed by atoms with Crippen molar-refractivity contribution in [2.75, 3.05) is 23.3 Å². The number of nitrogens with zero attached hydrogens (tertiary/aromatic N) is 2. The zero-order chi connectivity index (χ0) is 13.1. The average molecular weight is 376 g/mol. The summed E-state index contributed by atoms with van der Waals surface area (Å²) in [6.07, 6.45) is -4.23. The van der Waals surface area contributed by atoms with E-state index in [9.17, 15) is 13.2 Å². The molecule has 0 spiro atoms. The van der Waals surface area contributed by atoms with E-state index in [1.54, 1.807) is 19.1 Å². The highest BCUT2D eigenvalue weighted by Gasteiger charge is 2.31. The van der Waals surface area contributed by atoms with Crippen LogP contribution >= 0.6 is 31.9 Å². The van der Waals surface area contributed by atoms with Gasteiger partial charge in [-0.1, -0.05) is 15.9 Å². The standard InChI is InChI=1S/C10H11Br2F3N2/c1-7-8(12)2-3-9(16-7)17(5-4-11)6-10(13,14)15/h2-3H,4-6H2,1H3. The molecule has 0 atom stereocenters. The second-order valence-electron chi connectivity index (χ2n) is 3.46. The van der Waals surface area contributed by atoms with Gasteiger partial charge < -0.3 is 4.90 Å². The maximum Gasteiger partial charge on any atom is 0.405 e. The largest absolute Gasteiger partial charge is 0.405 e. The van der Waals surface area contributed by atoms with Gasteiger partial charge in [0, 0.05) is 16.3 Å². The lowest BCUT2D eigenvalue weighted by atomic mass is 10.3. The molecule has 1 aromatic rings. The van der Waals surface area contributed by atoms with Crippen LogP contribution in [0.5, 0.6) is 0 Å². The molecule has 0 aliphatic heterocycles. The first-order valence-electron chi connectivity index (χ1n) is 4.84. The SMILES string of the molecule is Cc1nc(N(CCBr)CC(F)(F)F)ccc1Br. The van der Waals surface area contributed by atoms with E-state index in [-0.39, 0.29) is 6.54 Å². The number of aryl methyl sites for hydroxylation is 1. The lowest BCUT2D eigenvalue weighted by Crippen LogP contribution is -2.36. The van der Waals surface area contributed by atoms with E-state index in [1.165, 1.54) is 4.90 Å². The van der Waals surface area contributed by atoms with Crippen LogP contribution in [0.3, 0.4) is 0 Å². The molecule has 0 aliphatic carbocycles. The van der Waals surface area contributed by atoms with Gasteiger partial charge in [-0.15, -0.1) is 0 Å². The Morgan fingerprint density at radius 3 is 2.47 bits per heavy atom. The van der Waals surface area contributed by atoms with Gasteiger partial charge in [0.1, 0.15) is 12.4 Å². The third kappa shape index (κ3) is 4.83. The van der Waals surface area contributed by atoms with Crippen LogP contribution in [-0.4, -0.2) is 29.6 Å². The molecule has 0 amide bonds. The zero-order valence-electron chi connectivity index (χ0n) is 9.06. The Labute approximate surface area is 114 Å². The van der Waals surface area contributed by atoms with Gasteiger partial charge in [0.2, 0.25) is 0 Å². The third-order valence-corrected chi connectivity index (χ3v) is 3.25.